The van der Waals surface area contributed by atoms with Crippen molar-refractivity contribution in [3.8, 4) is 0 Å². The Labute approximate surface area is 188 Å². The third-order valence-corrected chi connectivity index (χ3v) is 7.02. The monoisotopic (exact) mass is 420 g/mol. The Morgan fingerprint density at radius 2 is 2.00 bits per heavy atom. The molecule has 0 aromatic heterocycles. The van der Waals surface area contributed by atoms with E-state index in [2.05, 4.69) is 69.4 Å². The summed E-state index contributed by atoms with van der Waals surface area (Å²) in [5.74, 6) is 1.44. The molecular weight excluding hydrogens is 380 g/mol. The van der Waals surface area contributed by atoms with Crippen molar-refractivity contribution < 1.29 is 5.11 Å². The molecule has 3 nitrogen and oxygen atoms in total. The maximum atomic E-state index is 10.0. The van der Waals surface area contributed by atoms with Crippen LogP contribution in [0.2, 0.25) is 0 Å². The Bertz CT molecular complexity index is 865. The normalized spacial score (nSPS) is 29.5. The van der Waals surface area contributed by atoms with Crippen molar-refractivity contribution in [2.75, 3.05) is 0 Å². The average molecular weight is 421 g/mol. The van der Waals surface area contributed by atoms with E-state index in [9.17, 15) is 5.11 Å². The maximum absolute atomic E-state index is 10.0. The largest absolute Gasteiger partial charge is 0.512 e. The van der Waals surface area contributed by atoms with Gasteiger partial charge in [0, 0.05) is 18.5 Å². The second-order valence-electron chi connectivity index (χ2n) is 9.31. The number of hydrogen-bond acceptors (Lipinski definition) is 3. The van der Waals surface area contributed by atoms with Crippen LogP contribution in [-0.4, -0.2) is 17.2 Å². The van der Waals surface area contributed by atoms with Gasteiger partial charge in [0.1, 0.15) is 0 Å². The molecule has 0 heterocycles. The van der Waals surface area contributed by atoms with Crippen LogP contribution in [0.15, 0.2) is 82.2 Å². The summed E-state index contributed by atoms with van der Waals surface area (Å²) in [7, 11) is 0. The van der Waals surface area contributed by atoms with Gasteiger partial charge < -0.3 is 16.6 Å². The van der Waals surface area contributed by atoms with Crippen molar-refractivity contribution in [1.29, 1.82) is 0 Å². The molecule has 3 rings (SSSR count). The van der Waals surface area contributed by atoms with Gasteiger partial charge in [-0.25, -0.2) is 0 Å². The third-order valence-electron chi connectivity index (χ3n) is 7.02. The molecule has 168 valence electrons. The molecule has 3 aliphatic carbocycles. The molecule has 3 unspecified atom stereocenters. The number of nitrogens with two attached hydrogens (primary N) is 2. The number of allylic oxidation sites excluding steroid dienone is 11. The molecule has 0 bridgehead atoms. The lowest BCUT2D eigenvalue weighted by Crippen LogP contribution is -2.30. The van der Waals surface area contributed by atoms with E-state index in [1.54, 1.807) is 0 Å². The second kappa shape index (κ2) is 11.0. The molecule has 4 atom stereocenters. The quantitative estimate of drug-likeness (QED) is 0.317. The Balaban J connectivity index is 1.46. The van der Waals surface area contributed by atoms with Crippen molar-refractivity contribution in [1.82, 2.24) is 0 Å². The molecular formula is C28H40N2O. The Morgan fingerprint density at radius 3 is 2.74 bits per heavy atom. The molecule has 5 N–H and O–H groups in total. The fourth-order valence-corrected chi connectivity index (χ4v) is 5.02. The second-order valence-corrected chi connectivity index (χ2v) is 9.31. The minimum absolute atomic E-state index is 0.121. The fraction of sp³-hybridized carbons (Fsp3) is 0.500. The standard InChI is InChI=1S/C28H40N2O/c1-4-21(9-7-5-6-8-10-22-13-14-24(29)18-27(22)31)11-12-23-17-19(2)28-20(3)26(30)16-15-25(23)28/h4,6-9,15-17,19-20,24,26,31H,5,10-14,18,29-30H2,1-3H3/b8-6-,9-7+,21-4-/t19?,20?,24-,26?/m1/s1. The smallest absolute Gasteiger partial charge is 0.0933 e. The first-order chi connectivity index (χ1) is 14.9. The molecule has 0 fully saturated rings. The molecule has 0 radical (unpaired) electrons. The summed E-state index contributed by atoms with van der Waals surface area (Å²) in [5, 5.41) is 10.0. The first-order valence-corrected chi connectivity index (χ1v) is 11.9. The van der Waals surface area contributed by atoms with Gasteiger partial charge in [-0.2, -0.15) is 0 Å². The van der Waals surface area contributed by atoms with Gasteiger partial charge >= 0.3 is 0 Å². The molecule has 0 aliphatic heterocycles. The fourth-order valence-electron chi connectivity index (χ4n) is 5.02. The highest BCUT2D eigenvalue weighted by molar-refractivity contribution is 5.54. The van der Waals surface area contributed by atoms with Crippen LogP contribution >= 0.6 is 0 Å². The zero-order valence-corrected chi connectivity index (χ0v) is 19.5. The summed E-state index contributed by atoms with van der Waals surface area (Å²) in [6.45, 7) is 6.67. The maximum Gasteiger partial charge on any atom is 0.0933 e. The zero-order chi connectivity index (χ0) is 22.4. The molecule has 0 saturated carbocycles. The third kappa shape index (κ3) is 5.99. The van der Waals surface area contributed by atoms with Crippen LogP contribution in [0.1, 0.15) is 65.7 Å². The van der Waals surface area contributed by atoms with Crippen LogP contribution in [0, 0.1) is 11.8 Å². The zero-order valence-electron chi connectivity index (χ0n) is 19.5. The van der Waals surface area contributed by atoms with E-state index in [4.69, 9.17) is 11.5 Å². The van der Waals surface area contributed by atoms with Crippen LogP contribution in [0.25, 0.3) is 0 Å². The molecule has 3 heteroatoms. The van der Waals surface area contributed by atoms with Gasteiger partial charge in [-0.15, -0.1) is 0 Å². The van der Waals surface area contributed by atoms with E-state index in [1.165, 1.54) is 22.3 Å². The van der Waals surface area contributed by atoms with Crippen LogP contribution in [0.4, 0.5) is 0 Å². The minimum atomic E-state index is 0.121. The van der Waals surface area contributed by atoms with Gasteiger partial charge in [-0.1, -0.05) is 73.6 Å². The number of rotatable bonds is 8. The first-order valence-electron chi connectivity index (χ1n) is 11.9. The van der Waals surface area contributed by atoms with E-state index in [-0.39, 0.29) is 12.1 Å². The highest BCUT2D eigenvalue weighted by Crippen LogP contribution is 2.42. The molecule has 0 amide bonds. The van der Waals surface area contributed by atoms with Gasteiger partial charge in [0.2, 0.25) is 0 Å². The van der Waals surface area contributed by atoms with Crippen LogP contribution < -0.4 is 11.5 Å². The Kier molecular flexibility index (Phi) is 8.34. The van der Waals surface area contributed by atoms with Gasteiger partial charge in [0.15, 0.2) is 0 Å². The van der Waals surface area contributed by atoms with Crippen molar-refractivity contribution in [3.63, 3.8) is 0 Å². The van der Waals surface area contributed by atoms with Crippen molar-refractivity contribution in [3.05, 3.63) is 82.2 Å². The molecule has 0 aromatic rings. The number of aliphatic hydroxyl groups excluding tert-OH is 1. The number of aliphatic hydroxyl groups is 1. The Hall–Kier alpha value is -2.10. The molecule has 31 heavy (non-hydrogen) atoms. The van der Waals surface area contributed by atoms with E-state index >= 15 is 0 Å². The average Bonchev–Trinajstić information content (AvgIpc) is 3.07. The first kappa shape index (κ1) is 23.6. The lowest BCUT2D eigenvalue weighted by atomic mass is 9.81. The SMILES string of the molecule is C/C=C(/C=C/C/C=C\CC1=C(O)C[C@H](N)CC1)CCC1=CC(C)C2=C1C=CC(N)C2C. The summed E-state index contributed by atoms with van der Waals surface area (Å²) in [4.78, 5) is 0. The van der Waals surface area contributed by atoms with Crippen molar-refractivity contribution in [2.24, 2.45) is 23.3 Å². The lowest BCUT2D eigenvalue weighted by Gasteiger charge is -2.26. The molecule has 0 aromatic carbocycles. The Morgan fingerprint density at radius 1 is 1.19 bits per heavy atom. The summed E-state index contributed by atoms with van der Waals surface area (Å²) in [6.07, 6.45) is 24.3. The predicted molar refractivity (Wildman–Crippen MR) is 133 cm³/mol. The topological polar surface area (TPSA) is 72.3 Å². The van der Waals surface area contributed by atoms with Crippen LogP contribution in [-0.2, 0) is 0 Å². The van der Waals surface area contributed by atoms with E-state index in [0.29, 0.717) is 24.0 Å². The van der Waals surface area contributed by atoms with Crippen molar-refractivity contribution >= 4 is 0 Å². The van der Waals surface area contributed by atoms with Gasteiger partial charge in [-0.3, -0.25) is 0 Å². The van der Waals surface area contributed by atoms with Crippen LogP contribution in [0.3, 0.4) is 0 Å². The van der Waals surface area contributed by atoms with E-state index < -0.39 is 0 Å². The van der Waals surface area contributed by atoms with E-state index in [0.717, 1.165) is 44.1 Å². The molecule has 0 saturated heterocycles. The summed E-state index contributed by atoms with van der Waals surface area (Å²) in [5.41, 5.74) is 19.1. The minimum Gasteiger partial charge on any atom is -0.512 e. The molecule has 3 aliphatic rings. The predicted octanol–water partition coefficient (Wildman–Crippen LogP) is 6.33. The summed E-state index contributed by atoms with van der Waals surface area (Å²) >= 11 is 0. The van der Waals surface area contributed by atoms with Crippen LogP contribution in [0.5, 0.6) is 0 Å². The van der Waals surface area contributed by atoms with Gasteiger partial charge in [0.05, 0.1) is 5.76 Å². The summed E-state index contributed by atoms with van der Waals surface area (Å²) < 4.78 is 0. The summed E-state index contributed by atoms with van der Waals surface area (Å²) in [6, 6.07) is 0.267. The highest BCUT2D eigenvalue weighted by Gasteiger charge is 2.30. The lowest BCUT2D eigenvalue weighted by molar-refractivity contribution is 0.341. The highest BCUT2D eigenvalue weighted by atomic mass is 16.3. The van der Waals surface area contributed by atoms with Gasteiger partial charge in [-0.05, 0) is 74.0 Å². The number of hydrogen-bond donors (Lipinski definition) is 3. The van der Waals surface area contributed by atoms with Crippen molar-refractivity contribution in [2.45, 2.75) is 77.8 Å². The molecule has 0 spiro atoms. The van der Waals surface area contributed by atoms with E-state index in [1.807, 2.05) is 0 Å². The van der Waals surface area contributed by atoms with Gasteiger partial charge in [0.25, 0.3) is 0 Å².